The van der Waals surface area contributed by atoms with Gasteiger partial charge in [0.1, 0.15) is 0 Å². The standard InChI is InChI=1S/C23H23F2N5O3S/c1-3-30(11-21(32)27-17-7-5-16(6-8-17)26-14(2)31)12-22(33)29-23-28-20(13-34-23)15-4-9-18(24)19(25)10-15/h4-10,13H,3,11-12H2,1-2H3,(H,26,31)(H,27,32)(H,28,29,33). The first-order chi connectivity index (χ1) is 16.2. The molecule has 0 saturated carbocycles. The van der Waals surface area contributed by atoms with Gasteiger partial charge in [0.25, 0.3) is 0 Å². The predicted octanol–water partition coefficient (Wildman–Crippen LogP) is 3.95. The lowest BCUT2D eigenvalue weighted by atomic mass is 10.2. The van der Waals surface area contributed by atoms with Crippen molar-refractivity contribution in [2.45, 2.75) is 13.8 Å². The minimum atomic E-state index is -0.975. The SMILES string of the molecule is CCN(CC(=O)Nc1ccc(NC(C)=O)cc1)CC(=O)Nc1nc(-c2ccc(F)c(F)c2)cs1. The summed E-state index contributed by atoms with van der Waals surface area (Å²) in [5.74, 6) is -2.76. The Kier molecular flexibility index (Phi) is 8.39. The fourth-order valence-corrected chi connectivity index (χ4v) is 3.74. The van der Waals surface area contributed by atoms with Crippen LogP contribution in [-0.2, 0) is 14.4 Å². The van der Waals surface area contributed by atoms with E-state index in [9.17, 15) is 23.2 Å². The molecule has 0 unspecified atom stereocenters. The number of benzene rings is 2. The van der Waals surface area contributed by atoms with Crippen LogP contribution in [0.15, 0.2) is 47.8 Å². The molecule has 3 N–H and O–H groups in total. The Labute approximate surface area is 199 Å². The molecule has 0 aliphatic heterocycles. The molecule has 3 amide bonds. The molecule has 8 nitrogen and oxygen atoms in total. The summed E-state index contributed by atoms with van der Waals surface area (Å²) in [6, 6.07) is 10.1. The van der Waals surface area contributed by atoms with E-state index in [4.69, 9.17) is 0 Å². The molecule has 11 heteroatoms. The molecule has 3 rings (SSSR count). The first-order valence-corrected chi connectivity index (χ1v) is 11.2. The van der Waals surface area contributed by atoms with Crippen LogP contribution >= 0.6 is 11.3 Å². The predicted molar refractivity (Wildman–Crippen MR) is 128 cm³/mol. The molecule has 3 aromatic rings. The van der Waals surface area contributed by atoms with Crippen LogP contribution in [0.1, 0.15) is 13.8 Å². The Morgan fingerprint density at radius 2 is 1.53 bits per heavy atom. The monoisotopic (exact) mass is 487 g/mol. The topological polar surface area (TPSA) is 103 Å². The van der Waals surface area contributed by atoms with Gasteiger partial charge in [-0.3, -0.25) is 19.3 Å². The summed E-state index contributed by atoms with van der Waals surface area (Å²) >= 11 is 1.15. The van der Waals surface area contributed by atoms with Gasteiger partial charge in [-0.05, 0) is 49.0 Å². The second-order valence-electron chi connectivity index (χ2n) is 7.32. The molecule has 34 heavy (non-hydrogen) atoms. The van der Waals surface area contributed by atoms with Gasteiger partial charge >= 0.3 is 0 Å². The number of aromatic nitrogens is 1. The zero-order valence-electron chi connectivity index (χ0n) is 18.5. The first kappa shape index (κ1) is 24.9. The average molecular weight is 488 g/mol. The van der Waals surface area contributed by atoms with Gasteiger partial charge in [-0.25, -0.2) is 13.8 Å². The second-order valence-corrected chi connectivity index (χ2v) is 8.18. The number of anilines is 3. The van der Waals surface area contributed by atoms with Crippen molar-refractivity contribution in [2.75, 3.05) is 35.6 Å². The number of hydrogen-bond acceptors (Lipinski definition) is 6. The highest BCUT2D eigenvalue weighted by atomic mass is 32.1. The lowest BCUT2D eigenvalue weighted by molar-refractivity contribution is -0.120. The number of halogens is 2. The van der Waals surface area contributed by atoms with E-state index in [0.717, 1.165) is 23.5 Å². The summed E-state index contributed by atoms with van der Waals surface area (Å²) in [4.78, 5) is 41.8. The third-order valence-corrected chi connectivity index (χ3v) is 5.39. The number of amides is 3. The Morgan fingerprint density at radius 3 is 2.12 bits per heavy atom. The van der Waals surface area contributed by atoms with Crippen LogP contribution in [0.2, 0.25) is 0 Å². The molecule has 0 spiro atoms. The number of carbonyl (C=O) groups excluding carboxylic acids is 3. The van der Waals surface area contributed by atoms with Crippen LogP contribution in [-0.4, -0.2) is 47.2 Å². The zero-order valence-corrected chi connectivity index (χ0v) is 19.3. The van der Waals surface area contributed by atoms with Crippen molar-refractivity contribution in [1.82, 2.24) is 9.88 Å². The molecular formula is C23H23F2N5O3S. The number of likely N-dealkylation sites (N-methyl/N-ethyl adjacent to an activating group) is 1. The second kappa shape index (κ2) is 11.4. The first-order valence-electron chi connectivity index (χ1n) is 10.3. The van der Waals surface area contributed by atoms with Crippen molar-refractivity contribution in [2.24, 2.45) is 0 Å². The Balaban J connectivity index is 1.51. The van der Waals surface area contributed by atoms with E-state index in [0.29, 0.717) is 34.3 Å². The van der Waals surface area contributed by atoms with Gasteiger partial charge in [0.15, 0.2) is 16.8 Å². The van der Waals surface area contributed by atoms with Gasteiger partial charge in [-0.1, -0.05) is 6.92 Å². The van der Waals surface area contributed by atoms with Gasteiger partial charge in [0.2, 0.25) is 17.7 Å². The molecule has 0 saturated heterocycles. The van der Waals surface area contributed by atoms with Gasteiger partial charge in [0, 0.05) is 29.2 Å². The largest absolute Gasteiger partial charge is 0.326 e. The molecule has 0 aliphatic rings. The van der Waals surface area contributed by atoms with Crippen LogP contribution in [0.3, 0.4) is 0 Å². The van der Waals surface area contributed by atoms with Crippen molar-refractivity contribution in [3.8, 4) is 11.3 Å². The average Bonchev–Trinajstić information content (AvgIpc) is 3.24. The van der Waals surface area contributed by atoms with Gasteiger partial charge in [-0.15, -0.1) is 11.3 Å². The third kappa shape index (κ3) is 7.15. The van der Waals surface area contributed by atoms with E-state index < -0.39 is 11.6 Å². The lowest BCUT2D eigenvalue weighted by Gasteiger charge is -2.19. The van der Waals surface area contributed by atoms with Crippen LogP contribution in [0.5, 0.6) is 0 Å². The molecule has 1 aromatic heterocycles. The number of thiazole rings is 1. The fourth-order valence-electron chi connectivity index (χ4n) is 3.00. The van der Waals surface area contributed by atoms with Crippen molar-refractivity contribution in [1.29, 1.82) is 0 Å². The molecule has 1 heterocycles. The third-order valence-electron chi connectivity index (χ3n) is 4.64. The van der Waals surface area contributed by atoms with Crippen molar-refractivity contribution in [3.05, 3.63) is 59.5 Å². The van der Waals surface area contributed by atoms with Gasteiger partial charge in [-0.2, -0.15) is 0 Å². The Morgan fingerprint density at radius 1 is 0.912 bits per heavy atom. The highest BCUT2D eigenvalue weighted by molar-refractivity contribution is 7.14. The van der Waals surface area contributed by atoms with Crippen LogP contribution < -0.4 is 16.0 Å². The summed E-state index contributed by atoms with van der Waals surface area (Å²) in [5.41, 5.74) is 1.99. The lowest BCUT2D eigenvalue weighted by Crippen LogP contribution is -2.38. The quantitative estimate of drug-likeness (QED) is 0.424. The van der Waals surface area contributed by atoms with Crippen LogP contribution in [0, 0.1) is 11.6 Å². The Hall–Kier alpha value is -3.70. The maximum Gasteiger partial charge on any atom is 0.240 e. The van der Waals surface area contributed by atoms with E-state index in [1.54, 1.807) is 34.5 Å². The van der Waals surface area contributed by atoms with Crippen molar-refractivity contribution < 1.29 is 23.2 Å². The van der Waals surface area contributed by atoms with E-state index in [1.165, 1.54) is 13.0 Å². The number of carbonyl (C=O) groups is 3. The molecule has 0 atom stereocenters. The fraction of sp³-hybridized carbons (Fsp3) is 0.217. The Bertz CT molecular complexity index is 1180. The number of nitrogens with one attached hydrogen (secondary N) is 3. The zero-order chi connectivity index (χ0) is 24.7. The summed E-state index contributed by atoms with van der Waals surface area (Å²) < 4.78 is 26.6. The van der Waals surface area contributed by atoms with E-state index in [2.05, 4.69) is 20.9 Å². The minimum Gasteiger partial charge on any atom is -0.326 e. The molecular weight excluding hydrogens is 464 g/mol. The van der Waals surface area contributed by atoms with E-state index >= 15 is 0 Å². The maximum atomic E-state index is 13.4. The highest BCUT2D eigenvalue weighted by Gasteiger charge is 2.15. The molecule has 0 radical (unpaired) electrons. The maximum absolute atomic E-state index is 13.4. The van der Waals surface area contributed by atoms with Crippen molar-refractivity contribution >= 4 is 45.6 Å². The molecule has 178 valence electrons. The number of nitrogens with zero attached hydrogens (tertiary/aromatic N) is 2. The minimum absolute atomic E-state index is 0.00462. The van der Waals surface area contributed by atoms with Crippen molar-refractivity contribution in [3.63, 3.8) is 0 Å². The van der Waals surface area contributed by atoms with Crippen LogP contribution in [0.25, 0.3) is 11.3 Å². The molecule has 2 aromatic carbocycles. The number of rotatable bonds is 9. The highest BCUT2D eigenvalue weighted by Crippen LogP contribution is 2.26. The van der Waals surface area contributed by atoms with Gasteiger partial charge in [0.05, 0.1) is 18.8 Å². The van der Waals surface area contributed by atoms with E-state index in [-0.39, 0.29) is 30.8 Å². The number of hydrogen-bond donors (Lipinski definition) is 3. The normalized spacial score (nSPS) is 10.7. The molecule has 0 bridgehead atoms. The smallest absolute Gasteiger partial charge is 0.240 e. The summed E-state index contributed by atoms with van der Waals surface area (Å²) in [7, 11) is 0. The molecule has 0 fully saturated rings. The van der Waals surface area contributed by atoms with Gasteiger partial charge < -0.3 is 16.0 Å². The van der Waals surface area contributed by atoms with E-state index in [1.807, 2.05) is 6.92 Å². The van der Waals surface area contributed by atoms with Crippen LogP contribution in [0.4, 0.5) is 25.3 Å². The summed E-state index contributed by atoms with van der Waals surface area (Å²) in [6.45, 7) is 3.65. The molecule has 0 aliphatic carbocycles. The summed E-state index contributed by atoms with van der Waals surface area (Å²) in [6.07, 6.45) is 0. The summed E-state index contributed by atoms with van der Waals surface area (Å²) in [5, 5.41) is 9.99.